The molecule has 0 aliphatic rings. The van der Waals surface area contributed by atoms with Gasteiger partial charge < -0.3 is 9.63 Å². The maximum atomic E-state index is 8.77. The number of hydrogen-bond donors (Lipinski definition) is 1. The first-order valence-corrected chi connectivity index (χ1v) is 6.70. The summed E-state index contributed by atoms with van der Waals surface area (Å²) in [6.07, 6.45) is 1.66. The minimum Gasteiger partial charge on any atom is -0.396 e. The molecule has 0 radical (unpaired) electrons. The average Bonchev–Trinajstić information content (AvgIpc) is 2.62. The third kappa shape index (κ3) is 4.99. The normalized spacial score (nSPS) is 13.3. The lowest BCUT2D eigenvalue weighted by atomic mass is 10.1. The zero-order valence-corrected chi connectivity index (χ0v) is 11.0. The molecular weight excluding hydrogens is 224 g/mol. The van der Waals surface area contributed by atoms with Gasteiger partial charge in [-0.1, -0.05) is 25.9 Å². The fraction of sp³-hybridized carbons (Fsp3) is 0.818. The molecule has 5 heteroatoms. The van der Waals surface area contributed by atoms with Crippen LogP contribution in [0.25, 0.3) is 0 Å². The summed E-state index contributed by atoms with van der Waals surface area (Å²) >= 11 is 1.73. The van der Waals surface area contributed by atoms with Gasteiger partial charge in [0.2, 0.25) is 5.89 Å². The van der Waals surface area contributed by atoms with E-state index in [1.807, 2.05) is 0 Å². The lowest BCUT2D eigenvalue weighted by Gasteiger charge is -2.06. The average molecular weight is 244 g/mol. The van der Waals surface area contributed by atoms with Crippen LogP contribution in [-0.2, 0) is 12.2 Å². The molecule has 0 fully saturated rings. The van der Waals surface area contributed by atoms with E-state index in [0.717, 1.165) is 24.4 Å². The largest absolute Gasteiger partial charge is 0.396 e. The molecule has 1 aromatic rings. The van der Waals surface area contributed by atoms with Crippen LogP contribution in [0.1, 0.15) is 38.9 Å². The van der Waals surface area contributed by atoms with Crippen LogP contribution in [0.2, 0.25) is 0 Å². The van der Waals surface area contributed by atoms with E-state index in [1.165, 1.54) is 0 Å². The second-order valence-electron chi connectivity index (χ2n) is 4.34. The molecule has 0 amide bonds. The Morgan fingerprint density at radius 1 is 1.38 bits per heavy atom. The number of aliphatic hydroxyl groups excluding tert-OH is 1. The second kappa shape index (κ2) is 6.91. The van der Waals surface area contributed by atoms with Crippen LogP contribution >= 0.6 is 11.8 Å². The highest BCUT2D eigenvalue weighted by atomic mass is 32.2. The molecule has 0 saturated heterocycles. The molecule has 0 aromatic carbocycles. The van der Waals surface area contributed by atoms with Gasteiger partial charge in [0.05, 0.1) is 5.75 Å². The number of hydrogen-bond acceptors (Lipinski definition) is 5. The van der Waals surface area contributed by atoms with E-state index < -0.39 is 0 Å². The summed E-state index contributed by atoms with van der Waals surface area (Å²) in [5.74, 6) is 2.75. The van der Waals surface area contributed by atoms with Crippen molar-refractivity contribution in [1.29, 1.82) is 0 Å². The second-order valence-corrected chi connectivity index (χ2v) is 5.76. The van der Waals surface area contributed by atoms with Gasteiger partial charge in [0.25, 0.3) is 0 Å². The summed E-state index contributed by atoms with van der Waals surface area (Å²) in [5.41, 5.74) is 0. The highest BCUT2D eigenvalue weighted by Crippen LogP contribution is 2.19. The van der Waals surface area contributed by atoms with Crippen LogP contribution in [-0.4, -0.2) is 27.1 Å². The highest BCUT2D eigenvalue weighted by Gasteiger charge is 2.09. The maximum absolute atomic E-state index is 8.77. The third-order valence-electron chi connectivity index (χ3n) is 2.13. The lowest BCUT2D eigenvalue weighted by Crippen LogP contribution is -2.00. The van der Waals surface area contributed by atoms with Crippen molar-refractivity contribution in [2.45, 2.75) is 44.6 Å². The van der Waals surface area contributed by atoms with Crippen LogP contribution in [0.3, 0.4) is 0 Å². The molecule has 0 saturated carbocycles. The monoisotopic (exact) mass is 244 g/mol. The van der Waals surface area contributed by atoms with E-state index >= 15 is 0 Å². The molecule has 16 heavy (non-hydrogen) atoms. The Bertz CT molecular complexity index is 302. The molecule has 1 aromatic heterocycles. The van der Waals surface area contributed by atoms with Gasteiger partial charge in [-0.15, -0.1) is 11.8 Å². The topological polar surface area (TPSA) is 59.2 Å². The Morgan fingerprint density at radius 2 is 2.12 bits per heavy atom. The Morgan fingerprint density at radius 3 is 2.75 bits per heavy atom. The standard InChI is InChI=1S/C11H20N2O2S/c1-8(2)6-10-12-11(15-13-10)7-16-9(3)4-5-14/h8-9,14H,4-7H2,1-3H3. The number of aliphatic hydroxyl groups is 1. The SMILES string of the molecule is CC(C)Cc1noc(CSC(C)CCO)n1. The first-order chi connectivity index (χ1) is 7.61. The van der Waals surface area contributed by atoms with E-state index in [9.17, 15) is 0 Å². The number of aromatic nitrogens is 2. The van der Waals surface area contributed by atoms with Crippen LogP contribution in [0.5, 0.6) is 0 Å². The maximum Gasteiger partial charge on any atom is 0.236 e. The van der Waals surface area contributed by atoms with Gasteiger partial charge in [-0.05, 0) is 12.3 Å². The van der Waals surface area contributed by atoms with Gasteiger partial charge in [0, 0.05) is 18.3 Å². The van der Waals surface area contributed by atoms with E-state index in [-0.39, 0.29) is 6.61 Å². The van der Waals surface area contributed by atoms with Crippen molar-refractivity contribution in [3.63, 3.8) is 0 Å². The molecule has 1 N–H and O–H groups in total. The first-order valence-electron chi connectivity index (χ1n) is 5.65. The van der Waals surface area contributed by atoms with Gasteiger partial charge in [-0.3, -0.25) is 0 Å². The molecule has 1 unspecified atom stereocenters. The summed E-state index contributed by atoms with van der Waals surface area (Å²) in [7, 11) is 0. The van der Waals surface area contributed by atoms with Crippen molar-refractivity contribution in [2.75, 3.05) is 6.61 Å². The first kappa shape index (κ1) is 13.5. The number of nitrogens with zero attached hydrogens (tertiary/aromatic N) is 2. The molecular formula is C11H20N2O2S. The van der Waals surface area contributed by atoms with E-state index in [0.29, 0.717) is 17.1 Å². The van der Waals surface area contributed by atoms with E-state index in [4.69, 9.17) is 9.63 Å². The Balaban J connectivity index is 2.34. The smallest absolute Gasteiger partial charge is 0.236 e. The van der Waals surface area contributed by atoms with Crippen molar-refractivity contribution < 1.29 is 9.63 Å². The molecule has 1 heterocycles. The quantitative estimate of drug-likeness (QED) is 0.797. The number of thioether (sulfide) groups is 1. The molecule has 0 spiro atoms. The van der Waals surface area contributed by atoms with Crippen LogP contribution < -0.4 is 0 Å². The van der Waals surface area contributed by atoms with E-state index in [1.54, 1.807) is 11.8 Å². The third-order valence-corrected chi connectivity index (χ3v) is 3.35. The highest BCUT2D eigenvalue weighted by molar-refractivity contribution is 7.99. The van der Waals surface area contributed by atoms with Crippen molar-refractivity contribution >= 4 is 11.8 Å². The zero-order valence-electron chi connectivity index (χ0n) is 10.1. The molecule has 1 atom stereocenters. The van der Waals surface area contributed by atoms with Crippen LogP contribution in [0.4, 0.5) is 0 Å². The van der Waals surface area contributed by atoms with Gasteiger partial charge in [0.15, 0.2) is 5.82 Å². The Kier molecular flexibility index (Phi) is 5.84. The van der Waals surface area contributed by atoms with Gasteiger partial charge in [-0.2, -0.15) is 4.98 Å². The summed E-state index contributed by atoms with van der Waals surface area (Å²) in [6.45, 7) is 6.59. The predicted molar refractivity (Wildman–Crippen MR) is 65.3 cm³/mol. The molecule has 0 aliphatic heterocycles. The number of rotatable bonds is 7. The fourth-order valence-corrected chi connectivity index (χ4v) is 2.09. The van der Waals surface area contributed by atoms with E-state index in [2.05, 4.69) is 30.9 Å². The van der Waals surface area contributed by atoms with Crippen molar-refractivity contribution in [1.82, 2.24) is 10.1 Å². The lowest BCUT2D eigenvalue weighted by molar-refractivity contribution is 0.289. The summed E-state index contributed by atoms with van der Waals surface area (Å²) in [4.78, 5) is 4.32. The van der Waals surface area contributed by atoms with Crippen LogP contribution in [0.15, 0.2) is 4.52 Å². The summed E-state index contributed by atoms with van der Waals surface area (Å²) in [5, 5.41) is 13.1. The molecule has 1 rings (SSSR count). The minimum absolute atomic E-state index is 0.233. The molecule has 0 aliphatic carbocycles. The van der Waals surface area contributed by atoms with Gasteiger partial charge >= 0.3 is 0 Å². The Hall–Kier alpha value is -0.550. The zero-order chi connectivity index (χ0) is 12.0. The molecule has 92 valence electrons. The predicted octanol–water partition coefficient (Wildman–Crippen LogP) is 2.27. The van der Waals surface area contributed by atoms with Gasteiger partial charge in [-0.25, -0.2) is 0 Å². The van der Waals surface area contributed by atoms with Crippen molar-refractivity contribution in [3.05, 3.63) is 11.7 Å². The van der Waals surface area contributed by atoms with Crippen molar-refractivity contribution in [3.8, 4) is 0 Å². The molecule has 4 nitrogen and oxygen atoms in total. The minimum atomic E-state index is 0.233. The van der Waals surface area contributed by atoms with Crippen molar-refractivity contribution in [2.24, 2.45) is 5.92 Å². The van der Waals surface area contributed by atoms with Crippen LogP contribution in [0, 0.1) is 5.92 Å². The van der Waals surface area contributed by atoms with Gasteiger partial charge in [0.1, 0.15) is 0 Å². The molecule has 0 bridgehead atoms. The Labute approximate surface area is 101 Å². The fourth-order valence-electron chi connectivity index (χ4n) is 1.28. The summed E-state index contributed by atoms with van der Waals surface area (Å²) < 4.78 is 5.15. The summed E-state index contributed by atoms with van der Waals surface area (Å²) in [6, 6.07) is 0.